The predicted octanol–water partition coefficient (Wildman–Crippen LogP) is 15.3. The average Bonchev–Trinajstić information content (AvgIpc) is 3.82. The molecule has 3 nitrogen and oxygen atoms in total. The molecule has 0 N–H and O–H groups in total. The minimum absolute atomic E-state index is 1.08. The van der Waals surface area contributed by atoms with Gasteiger partial charge in [-0.1, -0.05) is 158 Å². The number of para-hydroxylation sites is 4. The summed E-state index contributed by atoms with van der Waals surface area (Å²) in [6, 6.07) is 82.0. The van der Waals surface area contributed by atoms with Crippen LogP contribution < -0.4 is 4.90 Å². The topological polar surface area (TPSA) is 13.1 Å². The molecule has 2 aromatic heterocycles. The normalized spacial score (nSPS) is 11.7. The molecule has 59 heavy (non-hydrogen) atoms. The Morgan fingerprint density at radius 2 is 0.729 bits per heavy atom. The molecule has 12 aromatic rings. The minimum Gasteiger partial charge on any atom is -0.309 e. The van der Waals surface area contributed by atoms with Gasteiger partial charge in [-0.05, 0) is 88.6 Å². The van der Waals surface area contributed by atoms with Gasteiger partial charge in [-0.3, -0.25) is 0 Å². The molecule has 0 fully saturated rings. The molecule has 12 rings (SSSR count). The fourth-order valence-electron chi connectivity index (χ4n) is 9.44. The van der Waals surface area contributed by atoms with Crippen LogP contribution in [-0.2, 0) is 0 Å². The van der Waals surface area contributed by atoms with Crippen LogP contribution in [0.25, 0.3) is 87.7 Å². The van der Waals surface area contributed by atoms with E-state index in [1.54, 1.807) is 0 Å². The van der Waals surface area contributed by atoms with E-state index in [4.69, 9.17) is 0 Å². The lowest BCUT2D eigenvalue weighted by Crippen LogP contribution is -2.12. The molecule has 10 aromatic carbocycles. The lowest BCUT2D eigenvalue weighted by molar-refractivity contribution is 1.17. The Morgan fingerprint density at radius 1 is 0.271 bits per heavy atom. The number of nitrogens with zero attached hydrogens (tertiary/aromatic N) is 3. The van der Waals surface area contributed by atoms with Crippen LogP contribution >= 0.6 is 0 Å². The summed E-state index contributed by atoms with van der Waals surface area (Å²) in [7, 11) is 0. The van der Waals surface area contributed by atoms with E-state index in [-0.39, 0.29) is 0 Å². The van der Waals surface area contributed by atoms with Gasteiger partial charge in [0.25, 0.3) is 0 Å². The van der Waals surface area contributed by atoms with Crippen molar-refractivity contribution in [1.29, 1.82) is 0 Å². The number of hydrogen-bond donors (Lipinski definition) is 0. The van der Waals surface area contributed by atoms with Crippen LogP contribution in [0.1, 0.15) is 0 Å². The van der Waals surface area contributed by atoms with Gasteiger partial charge < -0.3 is 14.0 Å². The van der Waals surface area contributed by atoms with Crippen LogP contribution in [0.2, 0.25) is 0 Å². The van der Waals surface area contributed by atoms with Crippen molar-refractivity contribution in [3.63, 3.8) is 0 Å². The maximum Gasteiger partial charge on any atom is 0.0547 e. The first-order valence-electron chi connectivity index (χ1n) is 20.3. The summed E-state index contributed by atoms with van der Waals surface area (Å²) < 4.78 is 4.85. The summed E-state index contributed by atoms with van der Waals surface area (Å²) >= 11 is 0. The summed E-state index contributed by atoms with van der Waals surface area (Å²) in [5.41, 5.74) is 12.6. The maximum absolute atomic E-state index is 2.48. The Morgan fingerprint density at radius 3 is 1.31 bits per heavy atom. The molecule has 276 valence electrons. The quantitative estimate of drug-likeness (QED) is 0.165. The van der Waals surface area contributed by atoms with Crippen LogP contribution in [-0.4, -0.2) is 9.13 Å². The van der Waals surface area contributed by atoms with Crippen molar-refractivity contribution in [2.24, 2.45) is 0 Å². The first-order valence-corrected chi connectivity index (χ1v) is 20.3. The Bertz CT molecular complexity index is 3430. The molecule has 0 unspecified atom stereocenters. The Balaban J connectivity index is 1.19. The van der Waals surface area contributed by atoms with Gasteiger partial charge >= 0.3 is 0 Å². The van der Waals surface area contributed by atoms with Gasteiger partial charge in [-0.15, -0.1) is 0 Å². The van der Waals surface area contributed by atoms with E-state index in [9.17, 15) is 0 Å². The molecule has 3 heteroatoms. The van der Waals surface area contributed by atoms with Gasteiger partial charge in [0.1, 0.15) is 0 Å². The molecule has 0 radical (unpaired) electrons. The first kappa shape index (κ1) is 33.3. The number of aromatic nitrogens is 2. The van der Waals surface area contributed by atoms with Crippen molar-refractivity contribution in [2.75, 3.05) is 4.90 Å². The standard InChI is InChI=1S/C56H37N3/c1-2-20-42(21-3-1)57-53-27-11-10-26-49(53)50-33-32-40(36-56(50)57)41-34-43(37-44(35-41)59-54-28-12-8-24-47(54)48-25-9-13-29-55(48)59)58(51-30-14-18-38-16-4-6-22-45(38)51)52-31-15-19-39-17-5-7-23-46(39)52/h1-37H. The minimum atomic E-state index is 1.08. The molecular weight excluding hydrogens is 715 g/mol. The van der Waals surface area contributed by atoms with Crippen molar-refractivity contribution in [1.82, 2.24) is 9.13 Å². The molecule has 0 aliphatic rings. The second-order valence-electron chi connectivity index (χ2n) is 15.4. The molecule has 0 bridgehead atoms. The Kier molecular flexibility index (Phi) is 7.54. The Hall–Kier alpha value is -7.88. The first-order chi connectivity index (χ1) is 29.3. The van der Waals surface area contributed by atoms with Crippen molar-refractivity contribution in [3.8, 4) is 22.5 Å². The highest BCUT2D eigenvalue weighted by Gasteiger charge is 2.22. The summed E-state index contributed by atoms with van der Waals surface area (Å²) in [6.07, 6.45) is 0. The fourth-order valence-corrected chi connectivity index (χ4v) is 9.44. The molecule has 0 aliphatic heterocycles. The molecule has 0 saturated heterocycles. The summed E-state index contributed by atoms with van der Waals surface area (Å²) in [5, 5.41) is 9.76. The number of hydrogen-bond acceptors (Lipinski definition) is 1. The summed E-state index contributed by atoms with van der Waals surface area (Å²) in [4.78, 5) is 2.48. The van der Waals surface area contributed by atoms with Crippen molar-refractivity contribution >= 4 is 82.2 Å². The largest absolute Gasteiger partial charge is 0.309 e. The number of benzene rings is 10. The third-order valence-corrected chi connectivity index (χ3v) is 12.0. The van der Waals surface area contributed by atoms with E-state index in [0.29, 0.717) is 0 Å². The van der Waals surface area contributed by atoms with E-state index < -0.39 is 0 Å². The van der Waals surface area contributed by atoms with Crippen LogP contribution in [0.5, 0.6) is 0 Å². The highest BCUT2D eigenvalue weighted by Crippen LogP contribution is 2.45. The lowest BCUT2D eigenvalue weighted by Gasteiger charge is -2.29. The van der Waals surface area contributed by atoms with E-state index >= 15 is 0 Å². The van der Waals surface area contributed by atoms with Gasteiger partial charge in [0, 0.05) is 49.4 Å². The Labute approximate surface area is 341 Å². The smallest absolute Gasteiger partial charge is 0.0547 e. The third-order valence-electron chi connectivity index (χ3n) is 12.0. The van der Waals surface area contributed by atoms with Crippen LogP contribution in [0.3, 0.4) is 0 Å². The van der Waals surface area contributed by atoms with Crippen molar-refractivity contribution < 1.29 is 0 Å². The average molecular weight is 752 g/mol. The molecular formula is C56H37N3. The van der Waals surface area contributed by atoms with Crippen LogP contribution in [0.4, 0.5) is 17.1 Å². The fraction of sp³-hybridized carbons (Fsp3) is 0. The summed E-state index contributed by atoms with van der Waals surface area (Å²) in [6.45, 7) is 0. The van der Waals surface area contributed by atoms with E-state index in [2.05, 4.69) is 238 Å². The molecule has 0 saturated carbocycles. The zero-order chi connectivity index (χ0) is 38.9. The second kappa shape index (κ2) is 13.4. The van der Waals surface area contributed by atoms with Crippen molar-refractivity contribution in [3.05, 3.63) is 224 Å². The monoisotopic (exact) mass is 751 g/mol. The van der Waals surface area contributed by atoms with E-state index in [1.807, 2.05) is 0 Å². The molecule has 0 spiro atoms. The molecule has 0 amide bonds. The van der Waals surface area contributed by atoms with Crippen LogP contribution in [0, 0.1) is 0 Å². The van der Waals surface area contributed by atoms with Gasteiger partial charge in [-0.25, -0.2) is 0 Å². The van der Waals surface area contributed by atoms with Gasteiger partial charge in [0.15, 0.2) is 0 Å². The van der Waals surface area contributed by atoms with Gasteiger partial charge in [-0.2, -0.15) is 0 Å². The second-order valence-corrected chi connectivity index (χ2v) is 15.4. The van der Waals surface area contributed by atoms with Gasteiger partial charge in [0.05, 0.1) is 33.4 Å². The zero-order valence-corrected chi connectivity index (χ0v) is 32.2. The molecule has 0 atom stereocenters. The highest BCUT2D eigenvalue weighted by molar-refractivity contribution is 6.12. The number of rotatable bonds is 6. The van der Waals surface area contributed by atoms with Crippen LogP contribution in [0.15, 0.2) is 224 Å². The van der Waals surface area contributed by atoms with Crippen molar-refractivity contribution in [2.45, 2.75) is 0 Å². The third kappa shape index (κ3) is 5.29. The molecule has 2 heterocycles. The number of fused-ring (bicyclic) bond motifs is 8. The van der Waals surface area contributed by atoms with Gasteiger partial charge in [0.2, 0.25) is 0 Å². The SMILES string of the molecule is c1ccc(-n2c3ccccc3c3ccc(-c4cc(N(c5cccc6ccccc56)c5cccc6ccccc56)cc(-n5c6ccccc6c6ccccc65)c4)cc32)cc1. The zero-order valence-electron chi connectivity index (χ0n) is 32.2. The molecule has 0 aliphatic carbocycles. The predicted molar refractivity (Wildman–Crippen MR) is 250 cm³/mol. The maximum atomic E-state index is 2.48. The van der Waals surface area contributed by atoms with E-state index in [0.717, 1.165) is 39.6 Å². The summed E-state index contributed by atoms with van der Waals surface area (Å²) in [5.74, 6) is 0. The number of anilines is 3. The lowest BCUT2D eigenvalue weighted by atomic mass is 9.99. The van der Waals surface area contributed by atoms with E-state index in [1.165, 1.54) is 65.2 Å². The highest BCUT2D eigenvalue weighted by atomic mass is 15.1.